The van der Waals surface area contributed by atoms with Crippen LogP contribution in [0.2, 0.25) is 0 Å². The Morgan fingerprint density at radius 1 is 1.04 bits per heavy atom. The number of benzene rings is 2. The number of hydrogen-bond donors (Lipinski definition) is 1. The zero-order chi connectivity index (χ0) is 18.5. The number of nitrogens with one attached hydrogen (secondary N) is 1. The molecule has 0 atom stereocenters. The van der Waals surface area contributed by atoms with Crippen molar-refractivity contribution in [3.63, 3.8) is 0 Å². The summed E-state index contributed by atoms with van der Waals surface area (Å²) in [6.07, 6.45) is 3.75. The average Bonchev–Trinajstić information content (AvgIpc) is 3.11. The fourth-order valence-corrected chi connectivity index (χ4v) is 3.73. The summed E-state index contributed by atoms with van der Waals surface area (Å²) < 4.78 is 6.04. The number of aromatic nitrogens is 1. The largest absolute Gasteiger partial charge is 0.431 e. The highest BCUT2D eigenvalue weighted by Gasteiger charge is 2.20. The quantitative estimate of drug-likeness (QED) is 0.587. The van der Waals surface area contributed by atoms with Crippen molar-refractivity contribution in [3.8, 4) is 22.6 Å². The fourth-order valence-electron chi connectivity index (χ4n) is 3.07. The number of carbonyl (C=O) groups excluding carboxylic acids is 1. The molecule has 1 saturated carbocycles. The molecule has 0 bridgehead atoms. The van der Waals surface area contributed by atoms with E-state index in [9.17, 15) is 4.79 Å². The van der Waals surface area contributed by atoms with Gasteiger partial charge in [-0.3, -0.25) is 4.79 Å². The van der Waals surface area contributed by atoms with Gasteiger partial charge in [0, 0.05) is 17.7 Å². The Balaban J connectivity index is 1.50. The molecule has 4 nitrogen and oxygen atoms in total. The molecule has 1 aromatic heterocycles. The molecule has 1 fully saturated rings. The fraction of sp³-hybridized carbons (Fsp3) is 0.273. The van der Waals surface area contributed by atoms with E-state index in [1.807, 2.05) is 60.7 Å². The molecule has 1 amide bonds. The van der Waals surface area contributed by atoms with Gasteiger partial charge in [0.25, 0.3) is 5.22 Å². The standard InChI is InChI=1S/C22H22N2O2S/c25-19(23-14-16-8-7-9-16)15-27-22-24-20(17-10-3-1-4-11-17)21(26-22)18-12-5-2-6-13-18/h1-6,10-13,16H,7-9,14-15H2,(H,23,25). The Bertz CT molecular complexity index is 832. The predicted octanol–water partition coefficient (Wildman–Crippen LogP) is 5.02. The van der Waals surface area contributed by atoms with E-state index in [0.29, 0.717) is 16.9 Å². The van der Waals surface area contributed by atoms with E-state index in [0.717, 1.165) is 29.1 Å². The lowest BCUT2D eigenvalue weighted by Gasteiger charge is -2.25. The first-order valence-corrected chi connectivity index (χ1v) is 10.3. The lowest BCUT2D eigenvalue weighted by Crippen LogP contribution is -2.33. The van der Waals surface area contributed by atoms with E-state index >= 15 is 0 Å². The van der Waals surface area contributed by atoms with Crippen LogP contribution in [0.3, 0.4) is 0 Å². The van der Waals surface area contributed by atoms with Crippen molar-refractivity contribution in [2.75, 3.05) is 12.3 Å². The minimum Gasteiger partial charge on any atom is -0.431 e. The summed E-state index contributed by atoms with van der Waals surface area (Å²) >= 11 is 1.34. The van der Waals surface area contributed by atoms with E-state index in [2.05, 4.69) is 10.3 Å². The molecule has 2 aromatic carbocycles. The second-order valence-corrected chi connectivity index (χ2v) is 7.71. The minimum absolute atomic E-state index is 0.0348. The third-order valence-corrected chi connectivity index (χ3v) is 5.66. The number of thioether (sulfide) groups is 1. The van der Waals surface area contributed by atoms with E-state index in [1.165, 1.54) is 31.0 Å². The van der Waals surface area contributed by atoms with E-state index in [4.69, 9.17) is 4.42 Å². The number of amides is 1. The monoisotopic (exact) mass is 378 g/mol. The smallest absolute Gasteiger partial charge is 0.257 e. The Hall–Kier alpha value is -2.53. The average molecular weight is 378 g/mol. The summed E-state index contributed by atoms with van der Waals surface area (Å²) in [7, 11) is 0. The molecule has 1 aliphatic rings. The van der Waals surface area contributed by atoms with Crippen molar-refractivity contribution in [1.82, 2.24) is 10.3 Å². The van der Waals surface area contributed by atoms with Gasteiger partial charge in [-0.05, 0) is 18.8 Å². The van der Waals surface area contributed by atoms with Crippen molar-refractivity contribution < 1.29 is 9.21 Å². The van der Waals surface area contributed by atoms with Gasteiger partial charge in [-0.1, -0.05) is 78.8 Å². The van der Waals surface area contributed by atoms with Crippen LogP contribution in [0.25, 0.3) is 22.6 Å². The first kappa shape index (κ1) is 17.9. The number of rotatable bonds is 7. The zero-order valence-electron chi connectivity index (χ0n) is 15.1. The van der Waals surface area contributed by atoms with E-state index < -0.39 is 0 Å². The van der Waals surface area contributed by atoms with Gasteiger partial charge in [-0.2, -0.15) is 0 Å². The van der Waals surface area contributed by atoms with Crippen molar-refractivity contribution >= 4 is 17.7 Å². The van der Waals surface area contributed by atoms with Crippen LogP contribution in [0.1, 0.15) is 19.3 Å². The summed E-state index contributed by atoms with van der Waals surface area (Å²) in [5, 5.41) is 3.53. The molecule has 1 aliphatic carbocycles. The summed E-state index contributed by atoms with van der Waals surface area (Å²) in [5.74, 6) is 1.75. The predicted molar refractivity (Wildman–Crippen MR) is 108 cm³/mol. The lowest BCUT2D eigenvalue weighted by molar-refractivity contribution is -0.118. The number of nitrogens with zero attached hydrogens (tertiary/aromatic N) is 1. The molecule has 3 aromatic rings. The molecule has 0 radical (unpaired) electrons. The molecule has 0 aliphatic heterocycles. The highest BCUT2D eigenvalue weighted by Crippen LogP contribution is 2.35. The van der Waals surface area contributed by atoms with Crippen molar-refractivity contribution in [2.24, 2.45) is 5.92 Å². The van der Waals surface area contributed by atoms with Crippen molar-refractivity contribution in [1.29, 1.82) is 0 Å². The molecule has 0 saturated heterocycles. The minimum atomic E-state index is 0.0348. The van der Waals surface area contributed by atoms with Crippen LogP contribution in [0.15, 0.2) is 70.3 Å². The first-order chi connectivity index (χ1) is 13.3. The van der Waals surface area contributed by atoms with Gasteiger partial charge in [0.15, 0.2) is 5.76 Å². The van der Waals surface area contributed by atoms with E-state index in [1.54, 1.807) is 0 Å². The second kappa shape index (κ2) is 8.44. The van der Waals surface area contributed by atoms with Gasteiger partial charge in [0.1, 0.15) is 5.69 Å². The number of oxazole rings is 1. The van der Waals surface area contributed by atoms with Crippen LogP contribution in [-0.4, -0.2) is 23.2 Å². The van der Waals surface area contributed by atoms with Crippen LogP contribution >= 0.6 is 11.8 Å². The zero-order valence-corrected chi connectivity index (χ0v) is 15.9. The molecule has 0 unspecified atom stereocenters. The highest BCUT2D eigenvalue weighted by atomic mass is 32.2. The molecular formula is C22H22N2O2S. The molecule has 1 N–H and O–H groups in total. The summed E-state index contributed by atoms with van der Waals surface area (Å²) in [6, 6.07) is 19.9. The summed E-state index contributed by atoms with van der Waals surface area (Å²) in [4.78, 5) is 16.8. The third kappa shape index (κ3) is 4.42. The Kier molecular flexibility index (Phi) is 5.58. The van der Waals surface area contributed by atoms with Crippen LogP contribution < -0.4 is 5.32 Å². The van der Waals surface area contributed by atoms with Gasteiger partial charge in [-0.15, -0.1) is 0 Å². The Morgan fingerprint density at radius 3 is 2.33 bits per heavy atom. The SMILES string of the molecule is O=C(CSc1nc(-c2ccccc2)c(-c2ccccc2)o1)NCC1CCC1. The topological polar surface area (TPSA) is 55.1 Å². The molecule has 1 heterocycles. The van der Waals surface area contributed by atoms with Crippen molar-refractivity contribution in [2.45, 2.75) is 24.5 Å². The van der Waals surface area contributed by atoms with Crippen LogP contribution in [0.4, 0.5) is 0 Å². The van der Waals surface area contributed by atoms with Gasteiger partial charge in [-0.25, -0.2) is 4.98 Å². The molecule has 138 valence electrons. The lowest BCUT2D eigenvalue weighted by atomic mass is 9.85. The van der Waals surface area contributed by atoms with Gasteiger partial charge in [0.05, 0.1) is 5.75 Å². The molecule has 27 heavy (non-hydrogen) atoms. The normalized spacial score (nSPS) is 13.9. The van der Waals surface area contributed by atoms with Crippen LogP contribution in [-0.2, 0) is 4.79 Å². The van der Waals surface area contributed by atoms with Gasteiger partial charge < -0.3 is 9.73 Å². The Morgan fingerprint density at radius 2 is 1.70 bits per heavy atom. The van der Waals surface area contributed by atoms with Crippen molar-refractivity contribution in [3.05, 3.63) is 60.7 Å². The van der Waals surface area contributed by atoms with Gasteiger partial charge in [0.2, 0.25) is 5.91 Å². The molecule has 0 spiro atoms. The maximum atomic E-state index is 12.1. The molecular weight excluding hydrogens is 356 g/mol. The highest BCUT2D eigenvalue weighted by molar-refractivity contribution is 7.99. The molecule has 4 rings (SSSR count). The van der Waals surface area contributed by atoms with Crippen LogP contribution in [0, 0.1) is 5.92 Å². The summed E-state index contributed by atoms with van der Waals surface area (Å²) in [6.45, 7) is 0.787. The van der Waals surface area contributed by atoms with Crippen LogP contribution in [0.5, 0.6) is 0 Å². The third-order valence-electron chi connectivity index (χ3n) is 4.83. The molecule has 5 heteroatoms. The number of hydrogen-bond acceptors (Lipinski definition) is 4. The first-order valence-electron chi connectivity index (χ1n) is 9.31. The Labute approximate surface area is 163 Å². The van der Waals surface area contributed by atoms with Gasteiger partial charge >= 0.3 is 0 Å². The number of carbonyl (C=O) groups is 1. The maximum Gasteiger partial charge on any atom is 0.257 e. The summed E-state index contributed by atoms with van der Waals surface area (Å²) in [5.41, 5.74) is 2.78. The van der Waals surface area contributed by atoms with E-state index in [-0.39, 0.29) is 5.91 Å². The second-order valence-electron chi connectivity index (χ2n) is 6.78. The maximum absolute atomic E-state index is 12.1.